The van der Waals surface area contributed by atoms with Gasteiger partial charge in [-0.3, -0.25) is 10.8 Å². The van der Waals surface area contributed by atoms with Crippen LogP contribution in [-0.4, -0.2) is 12.8 Å². The third-order valence-electron chi connectivity index (χ3n) is 4.95. The van der Waals surface area contributed by atoms with Crippen molar-refractivity contribution in [3.63, 3.8) is 0 Å². The average Bonchev–Trinajstić information content (AvgIpc) is 2.70. The number of benzene rings is 1. The minimum atomic E-state index is 0.283. The molecule has 29 heavy (non-hydrogen) atoms. The number of hydrogen-bond acceptors (Lipinski definition) is 6. The van der Waals surface area contributed by atoms with Crippen molar-refractivity contribution in [3.05, 3.63) is 64.0 Å². The molecule has 154 valence electrons. The van der Waals surface area contributed by atoms with Gasteiger partial charge < -0.3 is 16.5 Å². The van der Waals surface area contributed by atoms with Crippen LogP contribution in [0, 0.1) is 17.2 Å². The molecule has 1 aromatic carbocycles. The molecule has 0 saturated carbocycles. The largest absolute Gasteiger partial charge is 0.385 e. The quantitative estimate of drug-likeness (QED) is 0.400. The Morgan fingerprint density at radius 3 is 2.83 bits per heavy atom. The number of nitrogens with zero attached hydrogens (tertiary/aromatic N) is 2. The van der Waals surface area contributed by atoms with Gasteiger partial charge in [-0.25, -0.2) is 0 Å². The van der Waals surface area contributed by atoms with E-state index in [9.17, 15) is 5.26 Å². The van der Waals surface area contributed by atoms with Crippen molar-refractivity contribution < 1.29 is 0 Å². The molecule has 1 aliphatic heterocycles. The van der Waals surface area contributed by atoms with E-state index in [0.717, 1.165) is 41.8 Å². The smallest absolute Gasteiger partial charge is 0.0991 e. The highest BCUT2D eigenvalue weighted by molar-refractivity contribution is 5.86. The van der Waals surface area contributed by atoms with Crippen molar-refractivity contribution in [2.75, 3.05) is 6.54 Å². The van der Waals surface area contributed by atoms with Gasteiger partial charge in [-0.2, -0.15) is 5.26 Å². The van der Waals surface area contributed by atoms with Crippen molar-refractivity contribution in [1.29, 1.82) is 5.26 Å². The highest BCUT2D eigenvalue weighted by atomic mass is 15.2. The second kappa shape index (κ2) is 11.2. The Morgan fingerprint density at radius 1 is 1.38 bits per heavy atom. The fourth-order valence-corrected chi connectivity index (χ4v) is 3.22. The summed E-state index contributed by atoms with van der Waals surface area (Å²) in [4.78, 5) is 4.81. The van der Waals surface area contributed by atoms with Gasteiger partial charge in [-0.05, 0) is 67.5 Å². The zero-order valence-electron chi connectivity index (χ0n) is 17.6. The van der Waals surface area contributed by atoms with E-state index in [0.29, 0.717) is 18.7 Å². The summed E-state index contributed by atoms with van der Waals surface area (Å²) in [5.41, 5.74) is 15.4. The van der Waals surface area contributed by atoms with E-state index < -0.39 is 0 Å². The highest BCUT2D eigenvalue weighted by Crippen LogP contribution is 2.28. The molecule has 6 nitrogen and oxygen atoms in total. The van der Waals surface area contributed by atoms with Crippen molar-refractivity contribution >= 4 is 11.9 Å². The van der Waals surface area contributed by atoms with Gasteiger partial charge in [0.05, 0.1) is 17.3 Å². The predicted molar refractivity (Wildman–Crippen MR) is 120 cm³/mol. The van der Waals surface area contributed by atoms with Gasteiger partial charge >= 0.3 is 0 Å². The number of hydrazine groups is 1. The molecule has 0 unspecified atom stereocenters. The average molecular weight is 393 g/mol. The predicted octanol–water partition coefficient (Wildman–Crippen LogP) is 3.48. The molecule has 0 saturated heterocycles. The molecule has 0 spiro atoms. The van der Waals surface area contributed by atoms with Gasteiger partial charge in [0.2, 0.25) is 0 Å². The lowest BCUT2D eigenvalue weighted by Gasteiger charge is -2.16. The summed E-state index contributed by atoms with van der Waals surface area (Å²) in [6.07, 6.45) is 8.78. The van der Waals surface area contributed by atoms with E-state index in [1.165, 1.54) is 11.1 Å². The topological polar surface area (TPSA) is 112 Å². The molecule has 0 fully saturated rings. The molecule has 6 N–H and O–H groups in total. The first-order chi connectivity index (χ1) is 14.0. The third-order valence-corrected chi connectivity index (χ3v) is 4.95. The second-order valence-electron chi connectivity index (χ2n) is 7.51. The first-order valence-corrected chi connectivity index (χ1v) is 10.1. The molecule has 0 bridgehead atoms. The van der Waals surface area contributed by atoms with Crippen LogP contribution in [0.1, 0.15) is 56.7 Å². The lowest BCUT2D eigenvalue weighted by Crippen LogP contribution is -2.26. The molecule has 2 rings (SSSR count). The van der Waals surface area contributed by atoms with Crippen molar-refractivity contribution in [3.8, 4) is 6.07 Å². The van der Waals surface area contributed by atoms with E-state index >= 15 is 0 Å². The summed E-state index contributed by atoms with van der Waals surface area (Å²) < 4.78 is 0. The van der Waals surface area contributed by atoms with Crippen LogP contribution in [0.25, 0.3) is 5.70 Å². The Morgan fingerprint density at radius 2 is 2.17 bits per heavy atom. The maximum absolute atomic E-state index is 9.35. The van der Waals surface area contributed by atoms with Crippen LogP contribution in [-0.2, 0) is 6.54 Å². The van der Waals surface area contributed by atoms with Gasteiger partial charge in [0, 0.05) is 30.2 Å². The van der Waals surface area contributed by atoms with Crippen LogP contribution < -0.4 is 22.3 Å². The molecule has 6 heteroatoms. The number of nitrogens with two attached hydrogens (primary N) is 2. The zero-order valence-corrected chi connectivity index (χ0v) is 17.6. The fourth-order valence-electron chi connectivity index (χ4n) is 3.22. The molecular formula is C23H32N6. The molecular weight excluding hydrogens is 360 g/mol. The standard InChI is InChI=1S/C23H32N6/c1-16(2)22(29-26)15-27-14-20-11-19(12-25)7-8-21(20)23-17(3)5-4-6-18(9-10-24)13-28-23/h6-8,11,13,15-16,27,29H,4-5,9-10,14,24,26H2,1-3H3/b18-6-,22-15-,23-17+,28-13-. The molecule has 0 radical (unpaired) electrons. The van der Waals surface area contributed by atoms with E-state index in [2.05, 4.69) is 43.7 Å². The number of nitrogens with one attached hydrogen (secondary N) is 2. The van der Waals surface area contributed by atoms with E-state index in [-0.39, 0.29) is 5.92 Å². The lowest BCUT2D eigenvalue weighted by atomic mass is 9.96. The Kier molecular flexibility index (Phi) is 8.66. The summed E-state index contributed by atoms with van der Waals surface area (Å²) in [5.74, 6) is 5.87. The molecule has 0 aromatic heterocycles. The molecule has 0 amide bonds. The van der Waals surface area contributed by atoms with E-state index in [4.69, 9.17) is 16.6 Å². The molecule has 0 aliphatic carbocycles. The summed E-state index contributed by atoms with van der Waals surface area (Å²) in [6, 6.07) is 8.00. The number of nitriles is 1. The van der Waals surface area contributed by atoms with Crippen LogP contribution in [0.4, 0.5) is 0 Å². The van der Waals surface area contributed by atoms with Gasteiger partial charge in [-0.1, -0.05) is 26.0 Å². The molecule has 1 heterocycles. The summed E-state index contributed by atoms with van der Waals surface area (Å²) in [5, 5.41) is 12.7. The number of allylic oxidation sites excluding steroid dienone is 3. The number of aliphatic imine (C=N–C) groups is 1. The van der Waals surface area contributed by atoms with E-state index in [1.54, 1.807) is 0 Å². The highest BCUT2D eigenvalue weighted by Gasteiger charge is 2.13. The Hall–Kier alpha value is -2.88. The molecule has 0 atom stereocenters. The molecule has 1 aliphatic rings. The van der Waals surface area contributed by atoms with Crippen LogP contribution in [0.2, 0.25) is 0 Å². The van der Waals surface area contributed by atoms with Crippen molar-refractivity contribution in [2.45, 2.75) is 46.6 Å². The first kappa shape index (κ1) is 22.4. The minimum Gasteiger partial charge on any atom is -0.385 e. The second-order valence-corrected chi connectivity index (χ2v) is 7.51. The lowest BCUT2D eigenvalue weighted by molar-refractivity contribution is 0.655. The van der Waals surface area contributed by atoms with Gasteiger partial charge in [0.15, 0.2) is 0 Å². The van der Waals surface area contributed by atoms with E-state index in [1.807, 2.05) is 30.6 Å². The monoisotopic (exact) mass is 392 g/mol. The normalized spacial score (nSPS) is 20.3. The van der Waals surface area contributed by atoms with Crippen LogP contribution in [0.3, 0.4) is 0 Å². The van der Waals surface area contributed by atoms with Crippen LogP contribution in [0.15, 0.2) is 52.3 Å². The fraction of sp³-hybridized carbons (Fsp3) is 0.391. The zero-order chi connectivity index (χ0) is 21.2. The maximum Gasteiger partial charge on any atom is 0.0991 e. The Bertz CT molecular complexity index is 868. The SMILES string of the molecule is C\C1=C(c2ccc(C#N)cc2CN/C=C(\NN)C(C)C)/N=C\C(CCN)=C/CC1. The van der Waals surface area contributed by atoms with Crippen LogP contribution >= 0.6 is 0 Å². The van der Waals surface area contributed by atoms with Gasteiger partial charge in [0.25, 0.3) is 0 Å². The maximum atomic E-state index is 9.35. The Labute approximate surface area is 174 Å². The Balaban J connectivity index is 2.39. The van der Waals surface area contributed by atoms with Gasteiger partial charge in [0.1, 0.15) is 0 Å². The van der Waals surface area contributed by atoms with Crippen molar-refractivity contribution in [1.82, 2.24) is 10.7 Å². The van der Waals surface area contributed by atoms with Gasteiger partial charge in [-0.15, -0.1) is 0 Å². The first-order valence-electron chi connectivity index (χ1n) is 10.1. The van der Waals surface area contributed by atoms with Crippen LogP contribution in [0.5, 0.6) is 0 Å². The van der Waals surface area contributed by atoms with Crippen molar-refractivity contribution in [2.24, 2.45) is 22.5 Å². The third kappa shape index (κ3) is 6.31. The minimum absolute atomic E-state index is 0.283. The number of rotatable bonds is 8. The number of hydrogen-bond donors (Lipinski definition) is 4. The molecule has 1 aromatic rings. The summed E-state index contributed by atoms with van der Waals surface area (Å²) in [7, 11) is 0. The summed E-state index contributed by atoms with van der Waals surface area (Å²) >= 11 is 0. The summed E-state index contributed by atoms with van der Waals surface area (Å²) in [6.45, 7) is 7.44.